The van der Waals surface area contributed by atoms with Crippen molar-refractivity contribution in [2.24, 2.45) is 5.16 Å². The van der Waals surface area contributed by atoms with Crippen LogP contribution in [0.15, 0.2) is 35.5 Å². The van der Waals surface area contributed by atoms with Crippen LogP contribution in [0.4, 0.5) is 0 Å². The van der Waals surface area contributed by atoms with Crippen molar-refractivity contribution >= 4 is 34.9 Å². The molecule has 0 aliphatic carbocycles. The average Bonchev–Trinajstić information content (AvgIpc) is 2.57. The van der Waals surface area contributed by atoms with Crippen LogP contribution in [0.2, 0.25) is 0 Å². The molecular weight excluding hydrogens is 265 g/mol. The molecule has 1 aliphatic rings. The Balaban J connectivity index is 2.28. The maximum Gasteiger partial charge on any atom is 0.355 e. The predicted octanol–water partition coefficient (Wildman–Crippen LogP) is 2.24. The molecule has 2 rings (SSSR count). The second-order valence-electron chi connectivity index (χ2n) is 3.69. The molecule has 0 amide bonds. The molecule has 2 unspecified atom stereocenters. The molecular formula is C11H9Cl2NO3. The van der Waals surface area contributed by atoms with Crippen molar-refractivity contribution in [3.05, 3.63) is 35.9 Å². The molecule has 0 fully saturated rings. The number of alkyl halides is 2. The number of aliphatic carboxylic acids is 1. The Morgan fingerprint density at radius 1 is 1.47 bits per heavy atom. The maximum atomic E-state index is 11.0. The summed E-state index contributed by atoms with van der Waals surface area (Å²) in [6, 6.07) is 9.22. The Kier molecular flexibility index (Phi) is 3.26. The number of halogens is 2. The highest BCUT2D eigenvalue weighted by Crippen LogP contribution is 2.36. The van der Waals surface area contributed by atoms with E-state index in [0.717, 1.165) is 5.56 Å². The zero-order chi connectivity index (χ0) is 12.5. The van der Waals surface area contributed by atoms with Crippen LogP contribution in [0.25, 0.3) is 0 Å². The standard InChI is InChI=1S/C11H9Cl2NO3/c12-10-11(13,8(9(15)16)14-17-10)6-7-4-2-1-3-5-7/h1-5,10H,6H2,(H,15,16). The van der Waals surface area contributed by atoms with Gasteiger partial charge in [-0.2, -0.15) is 0 Å². The molecule has 6 heteroatoms. The van der Waals surface area contributed by atoms with Crippen LogP contribution >= 0.6 is 23.2 Å². The first-order chi connectivity index (χ1) is 8.04. The van der Waals surface area contributed by atoms with Gasteiger partial charge in [-0.25, -0.2) is 4.79 Å². The lowest BCUT2D eigenvalue weighted by atomic mass is 9.94. The lowest BCUT2D eigenvalue weighted by Crippen LogP contribution is -2.43. The molecule has 0 saturated carbocycles. The molecule has 0 spiro atoms. The van der Waals surface area contributed by atoms with Crippen LogP contribution in [0, 0.1) is 0 Å². The molecule has 1 N–H and O–H groups in total. The van der Waals surface area contributed by atoms with Crippen molar-refractivity contribution in [1.29, 1.82) is 0 Å². The van der Waals surface area contributed by atoms with E-state index in [1.807, 2.05) is 30.3 Å². The molecule has 0 aromatic heterocycles. The summed E-state index contributed by atoms with van der Waals surface area (Å²) in [6.07, 6.45) is 0.245. The molecule has 0 bridgehead atoms. The van der Waals surface area contributed by atoms with Gasteiger partial charge in [0.2, 0.25) is 5.56 Å². The number of carboxylic acids is 1. The summed E-state index contributed by atoms with van der Waals surface area (Å²) in [4.78, 5) is 14.4. The van der Waals surface area contributed by atoms with Gasteiger partial charge in [-0.1, -0.05) is 47.1 Å². The van der Waals surface area contributed by atoms with Gasteiger partial charge in [0.05, 0.1) is 0 Å². The van der Waals surface area contributed by atoms with Crippen LogP contribution in [0.3, 0.4) is 0 Å². The van der Waals surface area contributed by atoms with Crippen LogP contribution in [0.5, 0.6) is 0 Å². The third-order valence-electron chi connectivity index (χ3n) is 2.50. The van der Waals surface area contributed by atoms with E-state index < -0.39 is 16.4 Å². The second-order valence-corrected chi connectivity index (χ2v) is 4.76. The van der Waals surface area contributed by atoms with Crippen molar-refractivity contribution in [2.75, 3.05) is 0 Å². The molecule has 90 valence electrons. The first kappa shape index (κ1) is 12.2. The second kappa shape index (κ2) is 4.55. The van der Waals surface area contributed by atoms with Gasteiger partial charge in [0.25, 0.3) is 0 Å². The number of oxime groups is 1. The van der Waals surface area contributed by atoms with Crippen molar-refractivity contribution < 1.29 is 14.7 Å². The van der Waals surface area contributed by atoms with E-state index >= 15 is 0 Å². The van der Waals surface area contributed by atoms with E-state index in [0.29, 0.717) is 0 Å². The number of hydrogen-bond acceptors (Lipinski definition) is 3. The summed E-state index contributed by atoms with van der Waals surface area (Å²) in [6.45, 7) is 0. The van der Waals surface area contributed by atoms with Gasteiger partial charge in [0.1, 0.15) is 0 Å². The smallest absolute Gasteiger partial charge is 0.355 e. The lowest BCUT2D eigenvalue weighted by Gasteiger charge is -2.22. The van der Waals surface area contributed by atoms with Crippen molar-refractivity contribution in [3.63, 3.8) is 0 Å². The van der Waals surface area contributed by atoms with Crippen LogP contribution in [0.1, 0.15) is 5.56 Å². The lowest BCUT2D eigenvalue weighted by molar-refractivity contribution is -0.129. The minimum atomic E-state index is -1.34. The van der Waals surface area contributed by atoms with Gasteiger partial charge in [-0.15, -0.1) is 11.6 Å². The summed E-state index contributed by atoms with van der Waals surface area (Å²) in [5.41, 5.74) is -0.383. The van der Waals surface area contributed by atoms with Gasteiger partial charge >= 0.3 is 5.97 Å². The van der Waals surface area contributed by atoms with Gasteiger partial charge in [0, 0.05) is 6.42 Å². The normalized spacial score (nSPS) is 27.4. The monoisotopic (exact) mass is 273 g/mol. The zero-order valence-electron chi connectivity index (χ0n) is 8.64. The molecule has 4 nitrogen and oxygen atoms in total. The van der Waals surface area contributed by atoms with E-state index in [4.69, 9.17) is 33.1 Å². The van der Waals surface area contributed by atoms with Crippen molar-refractivity contribution in [2.45, 2.75) is 16.9 Å². The Bertz CT molecular complexity index is 463. The SMILES string of the molecule is O=C(O)C1=NOC(Cl)C1(Cl)Cc1ccccc1. The topological polar surface area (TPSA) is 58.9 Å². The fourth-order valence-corrected chi connectivity index (χ4v) is 2.17. The Labute approximate surface area is 108 Å². The highest BCUT2D eigenvalue weighted by Gasteiger charge is 2.51. The summed E-state index contributed by atoms with van der Waals surface area (Å²) in [7, 11) is 0. The summed E-state index contributed by atoms with van der Waals surface area (Å²) >= 11 is 12.1. The number of hydrogen-bond donors (Lipinski definition) is 1. The Morgan fingerprint density at radius 2 is 2.12 bits per heavy atom. The number of rotatable bonds is 3. The first-order valence-electron chi connectivity index (χ1n) is 4.88. The number of carboxylic acid groups (broad SMARTS) is 1. The number of nitrogens with zero attached hydrogens (tertiary/aromatic N) is 1. The van der Waals surface area contributed by atoms with E-state index in [9.17, 15) is 4.79 Å². The fraction of sp³-hybridized carbons (Fsp3) is 0.273. The molecule has 2 atom stereocenters. The molecule has 1 heterocycles. The van der Waals surface area contributed by atoms with Crippen molar-refractivity contribution in [3.8, 4) is 0 Å². The molecule has 0 saturated heterocycles. The third kappa shape index (κ3) is 2.23. The molecule has 1 aliphatic heterocycles. The average molecular weight is 274 g/mol. The minimum Gasteiger partial charge on any atom is -0.477 e. The number of carbonyl (C=O) groups is 1. The highest BCUT2D eigenvalue weighted by molar-refractivity contribution is 6.55. The van der Waals surface area contributed by atoms with Gasteiger partial charge < -0.3 is 9.94 Å². The van der Waals surface area contributed by atoms with Gasteiger partial charge in [-0.3, -0.25) is 0 Å². The van der Waals surface area contributed by atoms with Crippen LogP contribution in [-0.4, -0.2) is 27.2 Å². The Hall–Kier alpha value is -1.26. The molecule has 1 aromatic rings. The van der Waals surface area contributed by atoms with Gasteiger partial charge in [-0.05, 0) is 5.56 Å². The fourth-order valence-electron chi connectivity index (χ4n) is 1.64. The van der Waals surface area contributed by atoms with E-state index in [1.54, 1.807) is 0 Å². The summed E-state index contributed by atoms with van der Waals surface area (Å²) < 4.78 is 0. The van der Waals surface area contributed by atoms with E-state index in [1.165, 1.54) is 0 Å². The minimum absolute atomic E-state index is 0.245. The van der Waals surface area contributed by atoms with Gasteiger partial charge in [0.15, 0.2) is 10.6 Å². The largest absolute Gasteiger partial charge is 0.477 e. The van der Waals surface area contributed by atoms with Crippen LogP contribution in [-0.2, 0) is 16.1 Å². The highest BCUT2D eigenvalue weighted by atomic mass is 35.5. The third-order valence-corrected chi connectivity index (χ3v) is 3.57. The van der Waals surface area contributed by atoms with Crippen LogP contribution < -0.4 is 0 Å². The molecule has 17 heavy (non-hydrogen) atoms. The Morgan fingerprint density at radius 3 is 2.71 bits per heavy atom. The molecule has 1 aromatic carbocycles. The zero-order valence-corrected chi connectivity index (χ0v) is 10.1. The first-order valence-corrected chi connectivity index (χ1v) is 5.70. The summed E-state index contributed by atoms with van der Waals surface area (Å²) in [5.74, 6) is -1.22. The predicted molar refractivity (Wildman–Crippen MR) is 64.5 cm³/mol. The van der Waals surface area contributed by atoms with E-state index in [-0.39, 0.29) is 12.1 Å². The maximum absolute atomic E-state index is 11.0. The molecule has 0 radical (unpaired) electrons. The van der Waals surface area contributed by atoms with Crippen molar-refractivity contribution in [1.82, 2.24) is 0 Å². The summed E-state index contributed by atoms with van der Waals surface area (Å²) in [5, 5.41) is 12.4. The number of benzene rings is 1. The van der Waals surface area contributed by atoms with E-state index in [2.05, 4.69) is 5.16 Å². The quantitative estimate of drug-likeness (QED) is 0.860.